The van der Waals surface area contributed by atoms with Crippen LogP contribution in [0.5, 0.6) is 0 Å². The summed E-state index contributed by atoms with van der Waals surface area (Å²) in [5.74, 6) is 0.724. The average molecular weight is 626 g/mol. The van der Waals surface area contributed by atoms with E-state index >= 15 is 0 Å². The number of aryl methyl sites for hydroxylation is 3. The zero-order valence-electron chi connectivity index (χ0n) is 21.5. The number of hydrogen-bond acceptors (Lipinski definition) is 1. The fourth-order valence-electron chi connectivity index (χ4n) is 4.20. The Balaban J connectivity index is 0.00000153. The van der Waals surface area contributed by atoms with E-state index in [0.29, 0.717) is 0 Å². The molecule has 4 heteroatoms. The third kappa shape index (κ3) is 6.18. The van der Waals surface area contributed by atoms with Crippen LogP contribution in [0, 0.1) is 43.1 Å². The van der Waals surface area contributed by atoms with Crippen LogP contribution in [0.15, 0.2) is 91.1 Å². The maximum absolute atomic E-state index is 4.91. The van der Waals surface area contributed by atoms with Crippen LogP contribution in [-0.2, 0) is 25.8 Å². The van der Waals surface area contributed by atoms with Gasteiger partial charge in [-0.3, -0.25) is 0 Å². The topological polar surface area (TPSA) is 31.9 Å². The first-order valence-electron chi connectivity index (χ1n) is 10.5. The second-order valence-corrected chi connectivity index (χ2v) is 8.04. The molecule has 0 N–H and O–H groups in total. The van der Waals surface area contributed by atoms with E-state index in [9.17, 15) is 0 Å². The van der Waals surface area contributed by atoms with Crippen LogP contribution in [0.25, 0.3) is 33.2 Å². The van der Waals surface area contributed by atoms with Gasteiger partial charge in [0.15, 0.2) is 0 Å². The van der Waals surface area contributed by atoms with Crippen LogP contribution in [0.2, 0.25) is 0 Å². The molecule has 0 aliphatic heterocycles. The largest absolute Gasteiger partial charge is 4.00 e. The van der Waals surface area contributed by atoms with E-state index in [2.05, 4.69) is 104 Å². The molecule has 5 rings (SSSR count). The van der Waals surface area contributed by atoms with Crippen LogP contribution >= 0.6 is 0 Å². The van der Waals surface area contributed by atoms with E-state index in [1.807, 2.05) is 12.1 Å². The zero-order valence-corrected chi connectivity index (χ0v) is 25.1. The van der Waals surface area contributed by atoms with Crippen LogP contribution in [0.1, 0.15) is 16.7 Å². The molecule has 2 aromatic heterocycles. The number of nitrogens with zero attached hydrogens (tertiary/aromatic N) is 3. The van der Waals surface area contributed by atoms with Crippen molar-refractivity contribution in [1.82, 2.24) is 9.55 Å². The Hall–Kier alpha value is -2.98. The molecular weight excluding hydrogens is 593 g/mol. The van der Waals surface area contributed by atoms with Gasteiger partial charge in [-0.15, -0.1) is 0 Å². The Morgan fingerprint density at radius 1 is 0.686 bits per heavy atom. The number of hydrogen-bond donors (Lipinski definition) is 0. The molecule has 0 bridgehead atoms. The standard InChI is InChI=1S/C28H24N3.3CH3.Hf/c1-19-16-20(2)27(21(3)17-19)29-26-13-12-23-14-15-31(28(23)30-26)25-11-7-10-24(18-25)22-8-5-4-6-9-22;;;;/h4-18H,1-3H3;3*1H3;/q4*-1;+4. The molecule has 0 aliphatic carbocycles. The molecule has 0 saturated carbocycles. The Morgan fingerprint density at radius 3 is 2.03 bits per heavy atom. The molecule has 176 valence electrons. The molecule has 0 amide bonds. The molecule has 0 aliphatic rings. The van der Waals surface area contributed by atoms with E-state index in [4.69, 9.17) is 10.3 Å². The Kier molecular flexibility index (Phi) is 10.9. The fourth-order valence-corrected chi connectivity index (χ4v) is 4.20. The molecule has 0 spiro atoms. The summed E-state index contributed by atoms with van der Waals surface area (Å²) in [7, 11) is 0. The number of pyridine rings is 1. The minimum absolute atomic E-state index is 0. The van der Waals surface area contributed by atoms with Gasteiger partial charge < -0.3 is 37.1 Å². The average Bonchev–Trinajstić information content (AvgIpc) is 3.20. The van der Waals surface area contributed by atoms with Gasteiger partial charge in [-0.2, -0.15) is 0 Å². The summed E-state index contributed by atoms with van der Waals surface area (Å²) in [5.41, 5.74) is 8.99. The van der Waals surface area contributed by atoms with Gasteiger partial charge in [0.2, 0.25) is 0 Å². The van der Waals surface area contributed by atoms with Gasteiger partial charge in [0, 0.05) is 17.5 Å². The Morgan fingerprint density at radius 2 is 1.34 bits per heavy atom. The number of rotatable bonds is 4. The van der Waals surface area contributed by atoms with Gasteiger partial charge in [0.05, 0.1) is 0 Å². The minimum atomic E-state index is 0. The van der Waals surface area contributed by atoms with Gasteiger partial charge in [-0.05, 0) is 72.3 Å². The van der Waals surface area contributed by atoms with Gasteiger partial charge in [-0.25, -0.2) is 0 Å². The van der Waals surface area contributed by atoms with Crippen molar-refractivity contribution in [3.63, 3.8) is 0 Å². The molecule has 0 atom stereocenters. The summed E-state index contributed by atoms with van der Waals surface area (Å²) in [6.07, 6.45) is 2.08. The van der Waals surface area contributed by atoms with E-state index in [0.717, 1.165) is 28.2 Å². The summed E-state index contributed by atoms with van der Waals surface area (Å²) in [6.45, 7) is 6.33. The molecule has 2 heterocycles. The molecule has 3 aromatic carbocycles. The van der Waals surface area contributed by atoms with E-state index in [1.54, 1.807) is 0 Å². The Bertz CT molecular complexity index is 1360. The zero-order chi connectivity index (χ0) is 21.4. The van der Waals surface area contributed by atoms with E-state index < -0.39 is 0 Å². The number of aromatic nitrogens is 2. The van der Waals surface area contributed by atoms with E-state index in [1.165, 1.54) is 27.8 Å². The summed E-state index contributed by atoms with van der Waals surface area (Å²) in [5, 5.41) is 5.99. The van der Waals surface area contributed by atoms with Gasteiger partial charge in [0.1, 0.15) is 0 Å². The predicted molar refractivity (Wildman–Crippen MR) is 149 cm³/mol. The van der Waals surface area contributed by atoms with Crippen molar-refractivity contribution in [1.29, 1.82) is 0 Å². The van der Waals surface area contributed by atoms with Crippen molar-refractivity contribution in [3.8, 4) is 16.8 Å². The second kappa shape index (κ2) is 12.6. The summed E-state index contributed by atoms with van der Waals surface area (Å²) in [4.78, 5) is 4.91. The first-order chi connectivity index (χ1) is 15.1. The molecule has 0 unspecified atom stereocenters. The molecule has 0 saturated heterocycles. The minimum Gasteiger partial charge on any atom is -0.436 e. The predicted octanol–water partition coefficient (Wildman–Crippen LogP) is 9.30. The van der Waals surface area contributed by atoms with Crippen molar-refractivity contribution in [3.05, 3.63) is 135 Å². The molecule has 0 radical (unpaired) electrons. The first-order valence-corrected chi connectivity index (χ1v) is 10.5. The normalized spacial score (nSPS) is 9.80. The second-order valence-electron chi connectivity index (χ2n) is 8.04. The molecular formula is C31H33HfN3. The maximum atomic E-state index is 4.91. The number of benzene rings is 3. The van der Waals surface area contributed by atoms with Crippen LogP contribution in [0.3, 0.4) is 0 Å². The monoisotopic (exact) mass is 627 g/mol. The molecule has 3 nitrogen and oxygen atoms in total. The summed E-state index contributed by atoms with van der Waals surface area (Å²) in [6, 6.07) is 29.5. The molecule has 5 aromatic rings. The van der Waals surface area contributed by atoms with Crippen molar-refractivity contribution >= 4 is 22.5 Å². The van der Waals surface area contributed by atoms with Crippen molar-refractivity contribution in [2.75, 3.05) is 0 Å². The molecule has 0 fully saturated rings. The smallest absolute Gasteiger partial charge is 0.436 e. The van der Waals surface area contributed by atoms with Crippen molar-refractivity contribution in [2.24, 2.45) is 0 Å². The third-order valence-corrected chi connectivity index (χ3v) is 5.62. The summed E-state index contributed by atoms with van der Waals surface area (Å²) < 4.78 is 2.13. The first kappa shape index (κ1) is 30.1. The Labute approximate surface area is 230 Å². The van der Waals surface area contributed by atoms with Gasteiger partial charge in [0.25, 0.3) is 0 Å². The SMILES string of the molecule is Cc1cc(C)c([N-]c2ccc3ccn(-c4cccc(-c5ccccc5)c4)c3n2)c(C)c1.[CH3-].[CH3-].[CH3-].[Hf+4]. The van der Waals surface area contributed by atoms with Crippen LogP contribution in [0.4, 0.5) is 11.5 Å². The third-order valence-electron chi connectivity index (χ3n) is 5.62. The van der Waals surface area contributed by atoms with Gasteiger partial charge >= 0.3 is 25.8 Å². The fraction of sp³-hybridized carbons (Fsp3) is 0.0968. The van der Waals surface area contributed by atoms with Gasteiger partial charge in [-0.1, -0.05) is 78.1 Å². The van der Waals surface area contributed by atoms with Crippen LogP contribution < -0.4 is 0 Å². The van der Waals surface area contributed by atoms with Crippen molar-refractivity contribution in [2.45, 2.75) is 20.8 Å². The molecule has 35 heavy (non-hydrogen) atoms. The maximum Gasteiger partial charge on any atom is 4.00 e. The van der Waals surface area contributed by atoms with Crippen molar-refractivity contribution < 1.29 is 25.8 Å². The summed E-state index contributed by atoms with van der Waals surface area (Å²) >= 11 is 0. The quantitative estimate of drug-likeness (QED) is 0.145. The van der Waals surface area contributed by atoms with E-state index in [-0.39, 0.29) is 48.1 Å². The van der Waals surface area contributed by atoms with Crippen LogP contribution in [-0.4, -0.2) is 9.55 Å². The number of fused-ring (bicyclic) bond motifs is 1.